The second-order valence-corrected chi connectivity index (χ2v) is 7.11. The average Bonchev–Trinajstić information content (AvgIpc) is 2.62. The number of anilines is 1. The fourth-order valence-corrected chi connectivity index (χ4v) is 4.61. The average molecular weight is 321 g/mol. The standard InChI is InChI=1S/C19H19N3O2/c20-15-5-4-14-17-12(15)2-1-3-13(17)18(23)22(19(14)24)16-10-11-6-8-21(16)9-7-11/h1-5,11,16H,6-10,20H2/t16-/m1/s1. The van der Waals surface area contributed by atoms with Gasteiger partial charge in [0.25, 0.3) is 11.8 Å². The Morgan fingerprint density at radius 2 is 1.67 bits per heavy atom. The maximum atomic E-state index is 13.1. The van der Waals surface area contributed by atoms with E-state index in [-0.39, 0.29) is 18.0 Å². The van der Waals surface area contributed by atoms with Crippen LogP contribution in [0.4, 0.5) is 5.69 Å². The second kappa shape index (κ2) is 4.80. The highest BCUT2D eigenvalue weighted by Gasteiger charge is 2.44. The normalized spacial score (nSPS) is 28.7. The number of carbonyl (C=O) groups excluding carboxylic acids is 2. The molecule has 5 heteroatoms. The first-order chi connectivity index (χ1) is 11.6. The van der Waals surface area contributed by atoms with Gasteiger partial charge in [0.2, 0.25) is 0 Å². The lowest BCUT2D eigenvalue weighted by Gasteiger charge is -2.49. The number of nitrogens with zero attached hydrogens (tertiary/aromatic N) is 2. The fraction of sp³-hybridized carbons (Fsp3) is 0.368. The highest BCUT2D eigenvalue weighted by atomic mass is 16.2. The largest absolute Gasteiger partial charge is 0.398 e. The molecule has 0 unspecified atom stereocenters. The summed E-state index contributed by atoms with van der Waals surface area (Å²) < 4.78 is 0. The molecule has 2 amide bonds. The maximum Gasteiger partial charge on any atom is 0.262 e. The third-order valence-electron chi connectivity index (χ3n) is 5.89. The molecule has 2 bridgehead atoms. The summed E-state index contributed by atoms with van der Waals surface area (Å²) in [6.07, 6.45) is 3.15. The zero-order valence-corrected chi connectivity index (χ0v) is 13.4. The quantitative estimate of drug-likeness (QED) is 0.647. The van der Waals surface area contributed by atoms with Gasteiger partial charge in [0.05, 0.1) is 6.17 Å². The van der Waals surface area contributed by atoms with Gasteiger partial charge >= 0.3 is 0 Å². The Morgan fingerprint density at radius 3 is 2.33 bits per heavy atom. The van der Waals surface area contributed by atoms with Crippen molar-refractivity contribution >= 4 is 28.3 Å². The maximum absolute atomic E-state index is 13.1. The summed E-state index contributed by atoms with van der Waals surface area (Å²) in [7, 11) is 0. The van der Waals surface area contributed by atoms with Crippen LogP contribution in [0, 0.1) is 5.92 Å². The highest BCUT2D eigenvalue weighted by molar-refractivity contribution is 6.26. The van der Waals surface area contributed by atoms with Crippen LogP contribution < -0.4 is 5.73 Å². The van der Waals surface area contributed by atoms with Gasteiger partial charge in [-0.25, -0.2) is 0 Å². The minimum Gasteiger partial charge on any atom is -0.398 e. The Balaban J connectivity index is 1.67. The van der Waals surface area contributed by atoms with Crippen LogP contribution in [0.1, 0.15) is 40.0 Å². The molecule has 2 N–H and O–H groups in total. The van der Waals surface area contributed by atoms with Crippen LogP contribution in [0.2, 0.25) is 0 Å². The van der Waals surface area contributed by atoms with Crippen molar-refractivity contribution in [3.63, 3.8) is 0 Å². The first-order valence-corrected chi connectivity index (χ1v) is 8.58. The lowest BCUT2D eigenvalue weighted by Crippen LogP contribution is -2.60. The molecule has 4 aliphatic heterocycles. The van der Waals surface area contributed by atoms with Gasteiger partial charge in [0.1, 0.15) is 0 Å². The number of fused-ring (bicyclic) bond motifs is 3. The molecule has 122 valence electrons. The molecule has 2 aromatic carbocycles. The SMILES string of the molecule is Nc1ccc2c3c(cccc13)C(=O)N([C@@H]1CC3CCN1CC3)C2=O. The van der Waals surface area contributed by atoms with Gasteiger partial charge in [-0.1, -0.05) is 12.1 Å². The summed E-state index contributed by atoms with van der Waals surface area (Å²) in [5.74, 6) is 0.270. The first-order valence-electron chi connectivity index (χ1n) is 8.58. The number of hydrogen-bond donors (Lipinski definition) is 1. The van der Waals surface area contributed by atoms with E-state index in [1.807, 2.05) is 18.2 Å². The van der Waals surface area contributed by atoms with Gasteiger partial charge in [-0.2, -0.15) is 0 Å². The van der Waals surface area contributed by atoms with Crippen molar-refractivity contribution in [3.8, 4) is 0 Å². The highest BCUT2D eigenvalue weighted by Crippen LogP contribution is 2.39. The molecule has 0 saturated carbocycles. The third-order valence-corrected chi connectivity index (χ3v) is 5.89. The van der Waals surface area contributed by atoms with Crippen LogP contribution in [0.3, 0.4) is 0 Å². The molecule has 0 spiro atoms. The summed E-state index contributed by atoms with van der Waals surface area (Å²) in [4.78, 5) is 30.1. The van der Waals surface area contributed by atoms with Crippen LogP contribution in [-0.2, 0) is 0 Å². The molecule has 3 fully saturated rings. The number of amides is 2. The van der Waals surface area contributed by atoms with E-state index in [1.165, 1.54) is 17.7 Å². The topological polar surface area (TPSA) is 66.6 Å². The molecule has 0 radical (unpaired) electrons. The van der Waals surface area contributed by atoms with Crippen LogP contribution in [0.5, 0.6) is 0 Å². The molecule has 24 heavy (non-hydrogen) atoms. The number of piperidine rings is 3. The van der Waals surface area contributed by atoms with Gasteiger partial charge in [-0.3, -0.25) is 19.4 Å². The fourth-order valence-electron chi connectivity index (χ4n) is 4.61. The Bertz CT molecular complexity index is 861. The van der Waals surface area contributed by atoms with E-state index in [9.17, 15) is 9.59 Å². The van der Waals surface area contributed by atoms with Gasteiger partial charge in [0.15, 0.2) is 0 Å². The van der Waals surface area contributed by atoms with E-state index in [4.69, 9.17) is 5.73 Å². The van der Waals surface area contributed by atoms with Gasteiger partial charge in [0, 0.05) is 40.7 Å². The molecule has 0 aromatic heterocycles. The van der Waals surface area contributed by atoms with E-state index in [0.29, 0.717) is 28.1 Å². The summed E-state index contributed by atoms with van der Waals surface area (Å²) >= 11 is 0. The van der Waals surface area contributed by atoms with E-state index < -0.39 is 0 Å². The van der Waals surface area contributed by atoms with Gasteiger partial charge in [-0.15, -0.1) is 0 Å². The smallest absolute Gasteiger partial charge is 0.262 e. The van der Waals surface area contributed by atoms with E-state index in [2.05, 4.69) is 4.90 Å². The number of hydrogen-bond acceptors (Lipinski definition) is 4. The molecule has 4 aliphatic rings. The molecule has 2 aromatic rings. The Morgan fingerprint density at radius 1 is 0.958 bits per heavy atom. The third kappa shape index (κ3) is 1.73. The molecule has 6 rings (SSSR count). The minimum absolute atomic E-state index is 0.0986. The van der Waals surface area contributed by atoms with Crippen molar-refractivity contribution in [2.75, 3.05) is 18.8 Å². The monoisotopic (exact) mass is 321 g/mol. The predicted molar refractivity (Wildman–Crippen MR) is 91.6 cm³/mol. The van der Waals surface area contributed by atoms with Crippen molar-refractivity contribution in [2.45, 2.75) is 25.4 Å². The number of benzene rings is 2. The second-order valence-electron chi connectivity index (χ2n) is 7.11. The Labute approximate surface area is 140 Å². The Kier molecular flexibility index (Phi) is 2.80. The van der Waals surface area contributed by atoms with Crippen LogP contribution in [-0.4, -0.2) is 40.9 Å². The number of nitrogens with two attached hydrogens (primary N) is 1. The predicted octanol–water partition coefficient (Wildman–Crippen LogP) is 2.46. The molecule has 5 nitrogen and oxygen atoms in total. The number of carbonyl (C=O) groups is 2. The molecular formula is C19H19N3O2. The first kappa shape index (κ1) is 14.0. The van der Waals surface area contributed by atoms with Gasteiger partial charge < -0.3 is 5.73 Å². The number of imide groups is 1. The zero-order chi connectivity index (χ0) is 16.4. The van der Waals surface area contributed by atoms with Crippen molar-refractivity contribution in [1.82, 2.24) is 9.80 Å². The molecular weight excluding hydrogens is 302 g/mol. The van der Waals surface area contributed by atoms with E-state index in [0.717, 1.165) is 24.9 Å². The number of rotatable bonds is 1. The summed E-state index contributed by atoms with van der Waals surface area (Å²) in [6.45, 7) is 1.95. The summed E-state index contributed by atoms with van der Waals surface area (Å²) in [6, 6.07) is 9.06. The zero-order valence-electron chi connectivity index (χ0n) is 13.4. The molecule has 1 atom stereocenters. The van der Waals surface area contributed by atoms with Crippen molar-refractivity contribution in [3.05, 3.63) is 41.5 Å². The lowest BCUT2D eigenvalue weighted by molar-refractivity contribution is -0.0252. The lowest BCUT2D eigenvalue weighted by atomic mass is 9.84. The molecule has 4 heterocycles. The minimum atomic E-state index is -0.179. The molecule has 0 aliphatic carbocycles. The summed E-state index contributed by atoms with van der Waals surface area (Å²) in [5.41, 5.74) is 7.84. The van der Waals surface area contributed by atoms with Crippen LogP contribution in [0.15, 0.2) is 30.3 Å². The molecule has 3 saturated heterocycles. The van der Waals surface area contributed by atoms with Crippen molar-refractivity contribution in [1.29, 1.82) is 0 Å². The van der Waals surface area contributed by atoms with Crippen molar-refractivity contribution < 1.29 is 9.59 Å². The Hall–Kier alpha value is -2.40. The van der Waals surface area contributed by atoms with Crippen LogP contribution in [0.25, 0.3) is 10.8 Å². The van der Waals surface area contributed by atoms with Crippen LogP contribution >= 0.6 is 0 Å². The van der Waals surface area contributed by atoms with Crippen molar-refractivity contribution in [2.24, 2.45) is 5.92 Å². The van der Waals surface area contributed by atoms with E-state index >= 15 is 0 Å². The summed E-state index contributed by atoms with van der Waals surface area (Å²) in [5, 5.41) is 1.50. The van der Waals surface area contributed by atoms with Gasteiger partial charge in [-0.05, 0) is 43.4 Å². The number of nitrogen functional groups attached to an aromatic ring is 1. The van der Waals surface area contributed by atoms with E-state index in [1.54, 1.807) is 12.1 Å².